The van der Waals surface area contributed by atoms with Gasteiger partial charge in [0.05, 0.1) is 54.1 Å². The first-order valence-corrected chi connectivity index (χ1v) is 14.4. The van der Waals surface area contributed by atoms with Gasteiger partial charge in [0.1, 0.15) is 24.0 Å². The van der Waals surface area contributed by atoms with Crippen LogP contribution in [0.3, 0.4) is 0 Å². The highest BCUT2D eigenvalue weighted by molar-refractivity contribution is 7.92. The lowest BCUT2D eigenvalue weighted by Crippen LogP contribution is -2.34. The number of fused-ring (bicyclic) bond motifs is 2. The fourth-order valence-corrected chi connectivity index (χ4v) is 5.46. The Morgan fingerprint density at radius 2 is 1.78 bits per heavy atom. The summed E-state index contributed by atoms with van der Waals surface area (Å²) in [6.45, 7) is 0.585. The quantitative estimate of drug-likeness (QED) is 0.532. The Morgan fingerprint density at radius 1 is 1.08 bits per heavy atom. The van der Waals surface area contributed by atoms with Crippen molar-refractivity contribution >= 4 is 38.6 Å². The number of aliphatic imine (C=N–C) groups is 1. The lowest BCUT2D eigenvalue weighted by Gasteiger charge is -2.17. The highest BCUT2D eigenvalue weighted by atomic mass is 35.5. The second-order valence-electron chi connectivity index (χ2n) is 9.40. The third kappa shape index (κ3) is 4.97. The van der Waals surface area contributed by atoms with Crippen LogP contribution in [0.4, 0.5) is 11.4 Å². The van der Waals surface area contributed by atoms with Crippen LogP contribution < -0.4 is 0 Å². The van der Waals surface area contributed by atoms with E-state index in [-0.39, 0.29) is 24.9 Å². The van der Waals surface area contributed by atoms with Crippen LogP contribution in [0.25, 0.3) is 22.6 Å². The molecule has 2 fully saturated rings. The van der Waals surface area contributed by atoms with Gasteiger partial charge in [0.15, 0.2) is 17.8 Å². The molecule has 6 rings (SSSR count). The molecule has 1 N–H and O–H groups in total. The number of pyridine rings is 1. The number of benzene rings is 1. The normalized spacial score (nSPS) is 24.5. The zero-order valence-electron chi connectivity index (χ0n) is 20.1. The Balaban J connectivity index is 1.17. The van der Waals surface area contributed by atoms with E-state index < -0.39 is 15.8 Å². The smallest absolute Gasteiger partial charge is 0.195 e. The third-order valence-electron chi connectivity index (χ3n) is 6.25. The summed E-state index contributed by atoms with van der Waals surface area (Å²) >= 11 is 6.58. The molecule has 12 heteroatoms. The van der Waals surface area contributed by atoms with E-state index in [1.165, 1.54) is 0 Å². The molecule has 0 radical (unpaired) electrons. The number of aliphatic hydroxyl groups is 1. The van der Waals surface area contributed by atoms with Crippen molar-refractivity contribution in [2.75, 3.05) is 25.7 Å². The Morgan fingerprint density at radius 3 is 2.51 bits per heavy atom. The van der Waals surface area contributed by atoms with Crippen molar-refractivity contribution in [1.82, 2.24) is 15.0 Å². The Bertz CT molecular complexity index is 1500. The summed E-state index contributed by atoms with van der Waals surface area (Å²) in [7, 11) is -2.28. The monoisotopic (exact) mass is 541 g/mol. The number of hydrogen-bond acceptors (Lipinski definition) is 10. The van der Waals surface area contributed by atoms with Crippen LogP contribution in [0.2, 0.25) is 5.02 Å². The topological polar surface area (TPSA) is 128 Å². The molecule has 4 atom stereocenters. The molecular formula is C25H24ClN5O5S. The van der Waals surface area contributed by atoms with Crippen molar-refractivity contribution in [1.29, 1.82) is 0 Å². The van der Waals surface area contributed by atoms with E-state index in [2.05, 4.69) is 19.3 Å². The van der Waals surface area contributed by atoms with E-state index in [4.69, 9.17) is 30.8 Å². The molecule has 0 aliphatic carbocycles. The number of rotatable bonds is 4. The van der Waals surface area contributed by atoms with Crippen LogP contribution in [-0.4, -0.2) is 80.3 Å². The predicted molar refractivity (Wildman–Crippen MR) is 139 cm³/mol. The Kier molecular flexibility index (Phi) is 6.20. The molecule has 10 nitrogen and oxygen atoms in total. The van der Waals surface area contributed by atoms with Crippen molar-refractivity contribution in [2.45, 2.75) is 30.8 Å². The SMILES string of the molecule is CS(C)(=O)=Nc1cnc(-c2ccc(-c3nc4c(cc3Cl)N=C(O[C@@H]3CO[C@H]5[C@@H]3OC[C@H]5O)C4)cc2)nc1. The summed E-state index contributed by atoms with van der Waals surface area (Å²) in [5, 5.41) is 10.4. The molecule has 5 heterocycles. The fourth-order valence-electron chi connectivity index (χ4n) is 4.60. The van der Waals surface area contributed by atoms with Crippen molar-refractivity contribution in [3.05, 3.63) is 53.4 Å². The van der Waals surface area contributed by atoms with E-state index >= 15 is 0 Å². The minimum Gasteiger partial charge on any atom is -0.472 e. The lowest BCUT2D eigenvalue weighted by atomic mass is 10.1. The van der Waals surface area contributed by atoms with Crippen LogP contribution in [0.5, 0.6) is 0 Å². The summed E-state index contributed by atoms with van der Waals surface area (Å²) in [6.07, 6.45) is 5.05. The second-order valence-corrected chi connectivity index (χ2v) is 12.4. The van der Waals surface area contributed by atoms with Gasteiger partial charge in [-0.05, 0) is 6.07 Å². The highest BCUT2D eigenvalue weighted by Crippen LogP contribution is 2.36. The van der Waals surface area contributed by atoms with E-state index in [0.717, 1.165) is 16.8 Å². The lowest BCUT2D eigenvalue weighted by molar-refractivity contribution is 0.00558. The van der Waals surface area contributed by atoms with Gasteiger partial charge in [-0.15, -0.1) is 0 Å². The summed E-state index contributed by atoms with van der Waals surface area (Å²) in [4.78, 5) is 18.0. The zero-order chi connectivity index (χ0) is 25.7. The van der Waals surface area contributed by atoms with Crippen LogP contribution in [0.1, 0.15) is 5.69 Å². The minimum atomic E-state index is -2.28. The van der Waals surface area contributed by atoms with Crippen LogP contribution >= 0.6 is 11.6 Å². The van der Waals surface area contributed by atoms with Gasteiger partial charge in [0, 0.05) is 33.4 Å². The average Bonchev–Trinajstić information content (AvgIpc) is 3.55. The van der Waals surface area contributed by atoms with Crippen LogP contribution in [-0.2, 0) is 30.4 Å². The number of ether oxygens (including phenoxy) is 3. The zero-order valence-corrected chi connectivity index (χ0v) is 21.6. The first-order chi connectivity index (χ1) is 17.7. The van der Waals surface area contributed by atoms with Crippen molar-refractivity contribution in [3.63, 3.8) is 0 Å². The predicted octanol–water partition coefficient (Wildman–Crippen LogP) is 3.35. The van der Waals surface area contributed by atoms with E-state index in [1.54, 1.807) is 31.0 Å². The second kappa shape index (κ2) is 9.41. The summed E-state index contributed by atoms with van der Waals surface area (Å²) < 4.78 is 33.3. The van der Waals surface area contributed by atoms with Gasteiger partial charge in [-0.3, -0.25) is 0 Å². The molecule has 3 aliphatic heterocycles. The van der Waals surface area contributed by atoms with Crippen molar-refractivity contribution < 1.29 is 23.5 Å². The Labute approximate surface area is 218 Å². The molecule has 0 unspecified atom stereocenters. The maximum atomic E-state index is 11.9. The molecule has 192 valence electrons. The van der Waals surface area contributed by atoms with Crippen molar-refractivity contribution in [2.24, 2.45) is 9.36 Å². The molecule has 1 aromatic carbocycles. The Hall–Kier alpha value is -2.96. The van der Waals surface area contributed by atoms with Gasteiger partial charge in [-0.25, -0.2) is 24.2 Å². The number of aliphatic hydroxyl groups excluding tert-OH is 1. The first-order valence-electron chi connectivity index (χ1n) is 11.7. The minimum absolute atomic E-state index is 0.245. The molecule has 0 bridgehead atoms. The molecule has 2 aromatic heterocycles. The van der Waals surface area contributed by atoms with Gasteiger partial charge < -0.3 is 19.3 Å². The summed E-state index contributed by atoms with van der Waals surface area (Å²) in [6, 6.07) is 9.40. The van der Waals surface area contributed by atoms with Crippen molar-refractivity contribution in [3.8, 4) is 22.6 Å². The standard InChI is InChI=1S/C25H24ClN5O5S/c1-37(2,33)31-15-9-27-25(28-10-15)14-5-3-13(4-6-14)22-16(26)7-17-18(30-22)8-21(29-17)36-20-12-35-23-19(32)11-34-24(20)23/h3-7,9-10,19-20,23-24,32H,8,11-12H2,1-2H3/t19-,20-,23-,24-/m1/s1. The van der Waals surface area contributed by atoms with Gasteiger partial charge in [0.25, 0.3) is 0 Å². The molecule has 37 heavy (non-hydrogen) atoms. The fraction of sp³-hybridized carbons (Fsp3) is 0.360. The van der Waals surface area contributed by atoms with Gasteiger partial charge in [0.2, 0.25) is 0 Å². The van der Waals surface area contributed by atoms with E-state index in [9.17, 15) is 9.32 Å². The van der Waals surface area contributed by atoms with Gasteiger partial charge in [-0.2, -0.15) is 4.36 Å². The van der Waals surface area contributed by atoms with Gasteiger partial charge in [-0.1, -0.05) is 35.9 Å². The molecule has 0 spiro atoms. The number of hydrogen-bond donors (Lipinski definition) is 1. The van der Waals surface area contributed by atoms with E-state index in [1.807, 2.05) is 24.3 Å². The number of nitrogens with zero attached hydrogens (tertiary/aromatic N) is 5. The molecule has 2 saturated heterocycles. The number of aromatic nitrogens is 3. The highest BCUT2D eigenvalue weighted by Gasteiger charge is 2.49. The van der Waals surface area contributed by atoms with Crippen LogP contribution in [0.15, 0.2) is 52.1 Å². The molecular weight excluding hydrogens is 518 g/mol. The molecule has 0 amide bonds. The van der Waals surface area contributed by atoms with Gasteiger partial charge >= 0.3 is 0 Å². The maximum absolute atomic E-state index is 11.9. The molecule has 3 aromatic rings. The summed E-state index contributed by atoms with van der Waals surface area (Å²) in [5.41, 5.74) is 4.22. The van der Waals surface area contributed by atoms with Crippen LogP contribution in [0, 0.1) is 0 Å². The first kappa shape index (κ1) is 24.4. The molecule has 3 aliphatic rings. The average molecular weight is 542 g/mol. The maximum Gasteiger partial charge on any atom is 0.195 e. The third-order valence-corrected chi connectivity index (χ3v) is 7.18. The summed E-state index contributed by atoms with van der Waals surface area (Å²) in [5.74, 6) is 1.06. The van der Waals surface area contributed by atoms with E-state index in [0.29, 0.717) is 46.8 Å². The molecule has 0 saturated carbocycles. The largest absolute Gasteiger partial charge is 0.472 e. The number of halogens is 1.